The summed E-state index contributed by atoms with van der Waals surface area (Å²) in [5.41, 5.74) is 3.64. The number of carbonyl (C=O) groups is 2. The Labute approximate surface area is 148 Å². The topological polar surface area (TPSA) is 53.5 Å². The van der Waals surface area contributed by atoms with Gasteiger partial charge < -0.3 is 4.90 Å². The van der Waals surface area contributed by atoms with Crippen molar-refractivity contribution in [2.24, 2.45) is 0 Å². The quantitative estimate of drug-likeness (QED) is 0.804. The molecule has 1 aromatic carbocycles. The molecular weight excluding hydrogens is 314 g/mol. The lowest BCUT2D eigenvalue weighted by atomic mass is 10.0. The summed E-state index contributed by atoms with van der Waals surface area (Å²) in [5, 5.41) is 0. The summed E-state index contributed by atoms with van der Waals surface area (Å²) in [5.74, 6) is 0.175. The number of hydrogen-bond donors (Lipinski definition) is 0. The van der Waals surface area contributed by atoms with Gasteiger partial charge in [-0.3, -0.25) is 19.5 Å². The van der Waals surface area contributed by atoms with E-state index in [1.807, 2.05) is 36.9 Å². The fourth-order valence-corrected chi connectivity index (χ4v) is 3.20. The van der Waals surface area contributed by atoms with Gasteiger partial charge in [-0.1, -0.05) is 23.8 Å². The largest absolute Gasteiger partial charge is 0.336 e. The Morgan fingerprint density at radius 1 is 1.00 bits per heavy atom. The lowest BCUT2D eigenvalue weighted by Crippen LogP contribution is -2.49. The smallest absolute Gasteiger partial charge is 0.254 e. The van der Waals surface area contributed by atoms with Crippen LogP contribution in [0.4, 0.5) is 0 Å². The summed E-state index contributed by atoms with van der Waals surface area (Å²) >= 11 is 0. The van der Waals surface area contributed by atoms with Gasteiger partial charge in [0.1, 0.15) is 0 Å². The van der Waals surface area contributed by atoms with Gasteiger partial charge in [0.25, 0.3) is 5.91 Å². The molecule has 0 radical (unpaired) electrons. The highest BCUT2D eigenvalue weighted by Crippen LogP contribution is 2.13. The zero-order valence-corrected chi connectivity index (χ0v) is 14.7. The number of carbonyl (C=O) groups excluding carboxylic acids is 2. The van der Waals surface area contributed by atoms with Crippen LogP contribution in [0.5, 0.6) is 0 Å². The van der Waals surface area contributed by atoms with Crippen molar-refractivity contribution in [2.75, 3.05) is 32.7 Å². The van der Waals surface area contributed by atoms with Crippen LogP contribution in [0.1, 0.15) is 31.8 Å². The Balaban J connectivity index is 1.56. The number of piperazine rings is 1. The Morgan fingerprint density at radius 3 is 2.32 bits per heavy atom. The van der Waals surface area contributed by atoms with Crippen molar-refractivity contribution >= 4 is 11.7 Å². The van der Waals surface area contributed by atoms with Crippen molar-refractivity contribution in [3.05, 3.63) is 65.0 Å². The molecule has 0 N–H and O–H groups in total. The number of Topliss-reactive ketones (excluding diaryl/α,β-unsaturated/α-hetero) is 1. The van der Waals surface area contributed by atoms with Gasteiger partial charge in [-0.2, -0.15) is 0 Å². The zero-order chi connectivity index (χ0) is 17.8. The number of aromatic nitrogens is 1. The molecule has 25 heavy (non-hydrogen) atoms. The van der Waals surface area contributed by atoms with Crippen molar-refractivity contribution in [3.8, 4) is 0 Å². The molecule has 2 aromatic rings. The second-order valence-electron chi connectivity index (χ2n) is 6.55. The van der Waals surface area contributed by atoms with Crippen molar-refractivity contribution in [3.63, 3.8) is 0 Å². The second kappa shape index (κ2) is 7.57. The lowest BCUT2D eigenvalue weighted by Gasteiger charge is -2.34. The van der Waals surface area contributed by atoms with Crippen LogP contribution in [0, 0.1) is 13.8 Å². The Hall–Kier alpha value is -2.53. The minimum absolute atomic E-state index is 0.0303. The van der Waals surface area contributed by atoms with E-state index in [9.17, 15) is 9.59 Å². The molecular formula is C20H23N3O2. The molecule has 0 spiro atoms. The van der Waals surface area contributed by atoms with E-state index in [1.165, 1.54) is 0 Å². The van der Waals surface area contributed by atoms with Gasteiger partial charge in [-0.05, 0) is 31.5 Å². The fraction of sp³-hybridized carbons (Fsp3) is 0.350. The van der Waals surface area contributed by atoms with Gasteiger partial charge >= 0.3 is 0 Å². The lowest BCUT2D eigenvalue weighted by molar-refractivity contribution is 0.0624. The molecule has 1 fully saturated rings. The highest BCUT2D eigenvalue weighted by atomic mass is 16.2. The number of benzene rings is 1. The molecule has 1 saturated heterocycles. The first-order valence-corrected chi connectivity index (χ1v) is 8.56. The van der Waals surface area contributed by atoms with Gasteiger partial charge in [0.2, 0.25) is 0 Å². The first-order valence-electron chi connectivity index (χ1n) is 8.56. The van der Waals surface area contributed by atoms with Crippen LogP contribution in [0.2, 0.25) is 0 Å². The third-order valence-electron chi connectivity index (χ3n) is 4.64. The standard InChI is InChI=1S/C20H23N3O2/c1-15-3-4-18(16(2)13-15)19(24)14-22-9-11-23(12-10-22)20(25)17-5-7-21-8-6-17/h3-8,13H,9-12,14H2,1-2H3. The fourth-order valence-electron chi connectivity index (χ4n) is 3.20. The van der Waals surface area contributed by atoms with E-state index < -0.39 is 0 Å². The molecule has 1 aliphatic heterocycles. The molecule has 0 bridgehead atoms. The summed E-state index contributed by atoms with van der Waals surface area (Å²) in [6.07, 6.45) is 3.26. The number of rotatable bonds is 4. The number of nitrogens with zero attached hydrogens (tertiary/aromatic N) is 3. The zero-order valence-electron chi connectivity index (χ0n) is 14.7. The monoisotopic (exact) mass is 337 g/mol. The highest BCUT2D eigenvalue weighted by molar-refractivity contribution is 5.99. The SMILES string of the molecule is Cc1ccc(C(=O)CN2CCN(C(=O)c3ccncc3)CC2)c(C)c1. The number of ketones is 1. The maximum Gasteiger partial charge on any atom is 0.254 e. The molecule has 1 amide bonds. The van der Waals surface area contributed by atoms with Crippen molar-refractivity contribution in [1.29, 1.82) is 0 Å². The van der Waals surface area contributed by atoms with Crippen LogP contribution in [-0.4, -0.2) is 59.2 Å². The molecule has 0 unspecified atom stereocenters. The van der Waals surface area contributed by atoms with Crippen LogP contribution < -0.4 is 0 Å². The van der Waals surface area contributed by atoms with E-state index in [4.69, 9.17) is 0 Å². The molecule has 0 aliphatic carbocycles. The average Bonchev–Trinajstić information content (AvgIpc) is 2.62. The maximum absolute atomic E-state index is 12.6. The van der Waals surface area contributed by atoms with E-state index in [-0.39, 0.29) is 11.7 Å². The third kappa shape index (κ3) is 4.12. The van der Waals surface area contributed by atoms with Crippen molar-refractivity contribution < 1.29 is 9.59 Å². The van der Waals surface area contributed by atoms with E-state index in [0.29, 0.717) is 38.3 Å². The minimum atomic E-state index is 0.0303. The summed E-state index contributed by atoms with van der Waals surface area (Å²) in [4.78, 5) is 32.9. The van der Waals surface area contributed by atoms with E-state index >= 15 is 0 Å². The van der Waals surface area contributed by atoms with Gasteiger partial charge in [0.15, 0.2) is 5.78 Å². The molecule has 5 heteroatoms. The van der Waals surface area contributed by atoms with Crippen molar-refractivity contribution in [1.82, 2.24) is 14.8 Å². The van der Waals surface area contributed by atoms with Gasteiger partial charge in [-0.15, -0.1) is 0 Å². The molecule has 2 heterocycles. The number of aryl methyl sites for hydroxylation is 2. The number of hydrogen-bond acceptors (Lipinski definition) is 4. The Kier molecular flexibility index (Phi) is 5.24. The van der Waals surface area contributed by atoms with Crippen LogP contribution in [0.15, 0.2) is 42.7 Å². The Morgan fingerprint density at radius 2 is 1.68 bits per heavy atom. The van der Waals surface area contributed by atoms with Crippen LogP contribution in [0.3, 0.4) is 0 Å². The highest BCUT2D eigenvalue weighted by Gasteiger charge is 2.23. The molecule has 130 valence electrons. The summed E-state index contributed by atoms with van der Waals surface area (Å²) in [7, 11) is 0. The first kappa shape index (κ1) is 17.3. The maximum atomic E-state index is 12.6. The normalized spacial score (nSPS) is 15.2. The van der Waals surface area contributed by atoms with E-state index in [2.05, 4.69) is 9.88 Å². The molecule has 3 rings (SSSR count). The number of amides is 1. The first-order chi connectivity index (χ1) is 12.0. The van der Waals surface area contributed by atoms with Gasteiger partial charge in [0, 0.05) is 49.7 Å². The van der Waals surface area contributed by atoms with E-state index in [0.717, 1.165) is 16.7 Å². The van der Waals surface area contributed by atoms with Crippen LogP contribution >= 0.6 is 0 Å². The van der Waals surface area contributed by atoms with Crippen molar-refractivity contribution in [2.45, 2.75) is 13.8 Å². The van der Waals surface area contributed by atoms with Gasteiger partial charge in [0.05, 0.1) is 6.54 Å². The molecule has 5 nitrogen and oxygen atoms in total. The Bertz CT molecular complexity index is 766. The summed E-state index contributed by atoms with van der Waals surface area (Å²) in [6, 6.07) is 9.40. The van der Waals surface area contributed by atoms with Crippen LogP contribution in [-0.2, 0) is 0 Å². The minimum Gasteiger partial charge on any atom is -0.336 e. The second-order valence-corrected chi connectivity index (χ2v) is 6.55. The molecule has 1 aromatic heterocycles. The molecule has 0 saturated carbocycles. The summed E-state index contributed by atoms with van der Waals surface area (Å²) in [6.45, 7) is 7.12. The third-order valence-corrected chi connectivity index (χ3v) is 4.64. The predicted octanol–water partition coefficient (Wildman–Crippen LogP) is 2.34. The molecule has 0 atom stereocenters. The average molecular weight is 337 g/mol. The molecule has 1 aliphatic rings. The van der Waals surface area contributed by atoms with Gasteiger partial charge in [-0.25, -0.2) is 0 Å². The van der Waals surface area contributed by atoms with E-state index in [1.54, 1.807) is 24.5 Å². The number of pyridine rings is 1. The predicted molar refractivity (Wildman–Crippen MR) is 96.8 cm³/mol. The van der Waals surface area contributed by atoms with Crippen LogP contribution in [0.25, 0.3) is 0 Å². The summed E-state index contributed by atoms with van der Waals surface area (Å²) < 4.78 is 0.